The van der Waals surface area contributed by atoms with E-state index in [-0.39, 0.29) is 5.78 Å². The topological polar surface area (TPSA) is 45.8 Å². The summed E-state index contributed by atoms with van der Waals surface area (Å²) in [6, 6.07) is 11.8. The lowest BCUT2D eigenvalue weighted by molar-refractivity contribution is 0.0986. The number of carbonyl (C=O) groups is 1. The van der Waals surface area contributed by atoms with E-state index < -0.39 is 0 Å². The molecular formula is C15H14N2OS2. The molecule has 5 heteroatoms. The zero-order valence-corrected chi connectivity index (χ0v) is 12.5. The summed E-state index contributed by atoms with van der Waals surface area (Å²) < 4.78 is 0. The van der Waals surface area contributed by atoms with E-state index in [1.54, 1.807) is 11.8 Å². The fourth-order valence-corrected chi connectivity index (χ4v) is 3.48. The van der Waals surface area contributed by atoms with E-state index in [4.69, 9.17) is 0 Å². The summed E-state index contributed by atoms with van der Waals surface area (Å²) in [5.74, 6) is 1.14. The minimum absolute atomic E-state index is 0.241. The molecule has 3 nitrogen and oxygen atoms in total. The first-order valence-electron chi connectivity index (χ1n) is 6.47. The number of imidazole rings is 1. The lowest BCUT2D eigenvalue weighted by Gasteiger charge is -1.98. The summed E-state index contributed by atoms with van der Waals surface area (Å²) in [4.78, 5) is 20.5. The summed E-state index contributed by atoms with van der Waals surface area (Å²) in [5, 5.41) is 2.87. The van der Waals surface area contributed by atoms with Crippen LogP contribution in [0, 0.1) is 0 Å². The second kappa shape index (κ2) is 6.24. The minimum atomic E-state index is 0.241. The van der Waals surface area contributed by atoms with Crippen LogP contribution in [0.1, 0.15) is 22.5 Å². The zero-order valence-electron chi connectivity index (χ0n) is 10.8. The molecule has 0 atom stereocenters. The monoisotopic (exact) mass is 302 g/mol. The molecule has 0 saturated carbocycles. The highest BCUT2D eigenvalue weighted by atomic mass is 32.2. The van der Waals surface area contributed by atoms with Crippen LogP contribution in [0.5, 0.6) is 0 Å². The molecule has 0 bridgehead atoms. The van der Waals surface area contributed by atoms with Gasteiger partial charge in [-0.3, -0.25) is 4.79 Å². The van der Waals surface area contributed by atoms with Gasteiger partial charge in [0.1, 0.15) is 0 Å². The fraction of sp³-hybridized carbons (Fsp3) is 0.200. The van der Waals surface area contributed by atoms with Crippen LogP contribution >= 0.6 is 23.1 Å². The number of thioether (sulfide) groups is 1. The number of thiophene rings is 1. The lowest BCUT2D eigenvalue weighted by Crippen LogP contribution is -1.96. The molecule has 0 radical (unpaired) electrons. The highest BCUT2D eigenvalue weighted by molar-refractivity contribution is 7.99. The van der Waals surface area contributed by atoms with Gasteiger partial charge in [0.2, 0.25) is 0 Å². The summed E-state index contributed by atoms with van der Waals surface area (Å²) in [6.45, 7) is 0. The van der Waals surface area contributed by atoms with E-state index >= 15 is 0 Å². The van der Waals surface area contributed by atoms with Crippen LogP contribution in [0.25, 0.3) is 11.0 Å². The number of benzene rings is 1. The first kappa shape index (κ1) is 13.4. The first-order chi connectivity index (χ1) is 9.83. The van der Waals surface area contributed by atoms with Crippen molar-refractivity contribution in [3.05, 3.63) is 46.7 Å². The Morgan fingerprint density at radius 3 is 2.95 bits per heavy atom. The van der Waals surface area contributed by atoms with Gasteiger partial charge >= 0.3 is 0 Å². The summed E-state index contributed by atoms with van der Waals surface area (Å²) in [7, 11) is 0. The predicted molar refractivity (Wildman–Crippen MR) is 84.7 cm³/mol. The third-order valence-electron chi connectivity index (χ3n) is 2.95. The molecule has 1 N–H and O–H groups in total. The molecule has 2 aromatic heterocycles. The average Bonchev–Trinajstić information content (AvgIpc) is 3.11. The number of fused-ring (bicyclic) bond motifs is 1. The van der Waals surface area contributed by atoms with Gasteiger partial charge in [-0.2, -0.15) is 0 Å². The molecule has 0 spiro atoms. The number of rotatable bonds is 6. The molecule has 3 rings (SSSR count). The van der Waals surface area contributed by atoms with Crippen LogP contribution in [0.3, 0.4) is 0 Å². The van der Waals surface area contributed by atoms with Crippen LogP contribution in [0.4, 0.5) is 0 Å². The highest BCUT2D eigenvalue weighted by Crippen LogP contribution is 2.21. The van der Waals surface area contributed by atoms with Crippen LogP contribution in [-0.2, 0) is 0 Å². The van der Waals surface area contributed by atoms with Crippen LogP contribution in [0.2, 0.25) is 0 Å². The standard InChI is InChI=1S/C15H14N2OS2/c18-13(14-8-4-9-19-14)7-3-10-20-15-16-11-5-1-2-6-12(11)17-15/h1-2,4-6,8-9H,3,7,10H2,(H,16,17). The van der Waals surface area contributed by atoms with Crippen molar-refractivity contribution in [3.63, 3.8) is 0 Å². The average molecular weight is 302 g/mol. The van der Waals surface area contributed by atoms with Crippen molar-refractivity contribution in [1.82, 2.24) is 9.97 Å². The second-order valence-electron chi connectivity index (χ2n) is 4.41. The number of para-hydroxylation sites is 2. The van der Waals surface area contributed by atoms with E-state index in [1.807, 2.05) is 41.8 Å². The van der Waals surface area contributed by atoms with Crippen molar-refractivity contribution in [2.75, 3.05) is 5.75 Å². The number of aromatic amines is 1. The molecule has 0 amide bonds. The number of nitrogens with one attached hydrogen (secondary N) is 1. The maximum Gasteiger partial charge on any atom is 0.172 e. The Hall–Kier alpha value is -1.59. The molecule has 102 valence electrons. The van der Waals surface area contributed by atoms with Crippen molar-refractivity contribution in [2.24, 2.45) is 0 Å². The van der Waals surface area contributed by atoms with Crippen molar-refractivity contribution in [2.45, 2.75) is 18.0 Å². The molecule has 0 aliphatic rings. The van der Waals surface area contributed by atoms with Crippen molar-refractivity contribution in [1.29, 1.82) is 0 Å². The van der Waals surface area contributed by atoms with Gasteiger partial charge in [-0.15, -0.1) is 11.3 Å². The Morgan fingerprint density at radius 2 is 2.15 bits per heavy atom. The third kappa shape index (κ3) is 3.11. The smallest absolute Gasteiger partial charge is 0.172 e. The van der Waals surface area contributed by atoms with E-state index in [0.717, 1.165) is 33.2 Å². The SMILES string of the molecule is O=C(CCCSc1nc2ccccc2[nH]1)c1cccs1. The summed E-state index contributed by atoms with van der Waals surface area (Å²) in [6.07, 6.45) is 1.48. The molecule has 0 aliphatic carbocycles. The normalized spacial score (nSPS) is 11.0. The van der Waals surface area contributed by atoms with Gasteiger partial charge in [-0.1, -0.05) is 30.0 Å². The molecule has 20 heavy (non-hydrogen) atoms. The Labute approximate surface area is 125 Å². The van der Waals surface area contributed by atoms with Gasteiger partial charge in [0.05, 0.1) is 15.9 Å². The molecule has 0 unspecified atom stereocenters. The zero-order chi connectivity index (χ0) is 13.8. The second-order valence-corrected chi connectivity index (χ2v) is 6.44. The number of carbonyl (C=O) groups excluding carboxylic acids is 1. The van der Waals surface area contributed by atoms with Gasteiger partial charge in [0.15, 0.2) is 10.9 Å². The number of aromatic nitrogens is 2. The van der Waals surface area contributed by atoms with E-state index in [1.165, 1.54) is 11.3 Å². The molecule has 1 aromatic carbocycles. The lowest BCUT2D eigenvalue weighted by atomic mass is 10.2. The maximum absolute atomic E-state index is 11.8. The van der Waals surface area contributed by atoms with Crippen LogP contribution in [-0.4, -0.2) is 21.5 Å². The van der Waals surface area contributed by atoms with Crippen molar-refractivity contribution >= 4 is 39.9 Å². The number of hydrogen-bond donors (Lipinski definition) is 1. The van der Waals surface area contributed by atoms with E-state index in [0.29, 0.717) is 6.42 Å². The quantitative estimate of drug-likeness (QED) is 0.417. The number of H-pyrrole nitrogens is 1. The number of ketones is 1. The van der Waals surface area contributed by atoms with Gasteiger partial charge in [-0.25, -0.2) is 4.98 Å². The summed E-state index contributed by atoms with van der Waals surface area (Å²) in [5.41, 5.74) is 2.05. The number of nitrogens with zero attached hydrogens (tertiary/aromatic N) is 1. The van der Waals surface area contributed by atoms with Gasteiger partial charge < -0.3 is 4.98 Å². The molecule has 0 fully saturated rings. The molecule has 3 aromatic rings. The molecular weight excluding hydrogens is 288 g/mol. The Bertz CT molecular complexity index is 671. The van der Waals surface area contributed by atoms with Gasteiger partial charge in [0, 0.05) is 12.2 Å². The molecule has 0 aliphatic heterocycles. The van der Waals surface area contributed by atoms with E-state index in [9.17, 15) is 4.79 Å². The van der Waals surface area contributed by atoms with Crippen molar-refractivity contribution in [3.8, 4) is 0 Å². The fourth-order valence-electron chi connectivity index (χ4n) is 1.96. The van der Waals surface area contributed by atoms with Crippen LogP contribution in [0.15, 0.2) is 46.9 Å². The van der Waals surface area contributed by atoms with Gasteiger partial charge in [0.25, 0.3) is 0 Å². The number of hydrogen-bond acceptors (Lipinski definition) is 4. The predicted octanol–water partition coefficient (Wildman–Crippen LogP) is 4.38. The first-order valence-corrected chi connectivity index (χ1v) is 8.34. The largest absolute Gasteiger partial charge is 0.333 e. The van der Waals surface area contributed by atoms with E-state index in [2.05, 4.69) is 9.97 Å². The molecule has 2 heterocycles. The van der Waals surface area contributed by atoms with Gasteiger partial charge in [-0.05, 0) is 30.0 Å². The maximum atomic E-state index is 11.8. The Balaban J connectivity index is 1.49. The van der Waals surface area contributed by atoms with Crippen LogP contribution < -0.4 is 0 Å². The Kier molecular flexibility index (Phi) is 4.18. The number of Topliss-reactive ketones (excluding diaryl/α,β-unsaturated/α-hetero) is 1. The third-order valence-corrected chi connectivity index (χ3v) is 4.82. The Morgan fingerprint density at radius 1 is 1.25 bits per heavy atom. The van der Waals surface area contributed by atoms with Crippen molar-refractivity contribution < 1.29 is 4.79 Å². The molecule has 0 saturated heterocycles. The summed E-state index contributed by atoms with van der Waals surface area (Å²) >= 11 is 3.18. The minimum Gasteiger partial charge on any atom is -0.333 e. The highest BCUT2D eigenvalue weighted by Gasteiger charge is 2.07.